The molecule has 0 bridgehead atoms. The summed E-state index contributed by atoms with van der Waals surface area (Å²) in [7, 11) is 1.31. The number of nitrogens with one attached hydrogen (secondary N) is 1. The molecule has 1 N–H and O–H groups in total. The van der Waals surface area contributed by atoms with Gasteiger partial charge in [0.05, 0.1) is 13.7 Å². The van der Waals surface area contributed by atoms with Crippen LogP contribution in [0.4, 0.5) is 0 Å². The Morgan fingerprint density at radius 1 is 1.24 bits per heavy atom. The van der Waals surface area contributed by atoms with Gasteiger partial charge in [0.25, 0.3) is 0 Å². The van der Waals surface area contributed by atoms with Crippen LogP contribution in [0.2, 0.25) is 0 Å². The van der Waals surface area contributed by atoms with Crippen molar-refractivity contribution < 1.29 is 19.1 Å². The van der Waals surface area contributed by atoms with E-state index in [2.05, 4.69) is 10.1 Å². The topological polar surface area (TPSA) is 64.6 Å². The summed E-state index contributed by atoms with van der Waals surface area (Å²) in [4.78, 5) is 22.9. The van der Waals surface area contributed by atoms with Gasteiger partial charge < -0.3 is 14.8 Å². The fourth-order valence-electron chi connectivity index (χ4n) is 1.28. The van der Waals surface area contributed by atoms with E-state index in [1.807, 2.05) is 20.8 Å². The van der Waals surface area contributed by atoms with Crippen molar-refractivity contribution in [2.24, 2.45) is 5.92 Å². The van der Waals surface area contributed by atoms with Crippen molar-refractivity contribution in [2.75, 3.05) is 20.3 Å². The van der Waals surface area contributed by atoms with Gasteiger partial charge in [-0.05, 0) is 12.3 Å². The molecule has 0 radical (unpaired) electrons. The maximum absolute atomic E-state index is 11.5. The van der Waals surface area contributed by atoms with E-state index in [-0.39, 0.29) is 18.2 Å². The predicted molar refractivity (Wildman–Crippen MR) is 64.5 cm³/mol. The Labute approximate surface area is 103 Å². The van der Waals surface area contributed by atoms with E-state index in [1.54, 1.807) is 0 Å². The molecule has 0 spiro atoms. The normalized spacial score (nSPS) is 12.3. The molecule has 17 heavy (non-hydrogen) atoms. The minimum absolute atomic E-state index is 0.00274. The van der Waals surface area contributed by atoms with E-state index in [1.165, 1.54) is 7.11 Å². The summed E-state index contributed by atoms with van der Waals surface area (Å²) in [6, 6.07) is -0.585. The van der Waals surface area contributed by atoms with Gasteiger partial charge in [-0.25, -0.2) is 4.79 Å². The standard InChI is InChI=1S/C12H23NO4/c1-5-7-17-8-6-10(14)13-11(9(2)3)12(15)16-4/h9,11H,5-8H2,1-4H3,(H,13,14). The second kappa shape index (κ2) is 8.98. The SMILES string of the molecule is CCCOCCC(=O)NC(C(=O)OC)C(C)C. The number of hydrogen-bond acceptors (Lipinski definition) is 4. The Morgan fingerprint density at radius 2 is 1.88 bits per heavy atom. The number of hydrogen-bond donors (Lipinski definition) is 1. The van der Waals surface area contributed by atoms with Gasteiger partial charge in [0, 0.05) is 13.0 Å². The summed E-state index contributed by atoms with van der Waals surface area (Å²) >= 11 is 0. The molecule has 0 saturated carbocycles. The van der Waals surface area contributed by atoms with E-state index >= 15 is 0 Å². The Morgan fingerprint density at radius 3 is 2.35 bits per heavy atom. The summed E-state index contributed by atoms with van der Waals surface area (Å²) in [6.07, 6.45) is 1.19. The van der Waals surface area contributed by atoms with Crippen molar-refractivity contribution in [3.05, 3.63) is 0 Å². The lowest BCUT2D eigenvalue weighted by molar-refractivity contribution is -0.146. The van der Waals surface area contributed by atoms with Gasteiger partial charge in [-0.2, -0.15) is 0 Å². The monoisotopic (exact) mass is 245 g/mol. The molecule has 0 aliphatic rings. The first kappa shape index (κ1) is 15.9. The second-order valence-corrected chi connectivity index (χ2v) is 4.17. The van der Waals surface area contributed by atoms with Crippen LogP contribution in [0.25, 0.3) is 0 Å². The molecule has 0 rings (SSSR count). The van der Waals surface area contributed by atoms with Crippen molar-refractivity contribution in [3.63, 3.8) is 0 Å². The maximum atomic E-state index is 11.5. The van der Waals surface area contributed by atoms with Gasteiger partial charge in [0.15, 0.2) is 0 Å². The molecule has 0 aliphatic heterocycles. The van der Waals surface area contributed by atoms with E-state index in [0.29, 0.717) is 13.2 Å². The van der Waals surface area contributed by atoms with Crippen LogP contribution >= 0.6 is 0 Å². The van der Waals surface area contributed by atoms with Gasteiger partial charge in [0.2, 0.25) is 5.91 Å². The summed E-state index contributed by atoms with van der Waals surface area (Å²) in [5.74, 6) is -0.601. The highest BCUT2D eigenvalue weighted by Gasteiger charge is 2.24. The van der Waals surface area contributed by atoms with Gasteiger partial charge in [-0.15, -0.1) is 0 Å². The number of esters is 1. The molecule has 0 heterocycles. The van der Waals surface area contributed by atoms with Crippen molar-refractivity contribution in [2.45, 2.75) is 39.7 Å². The van der Waals surface area contributed by atoms with Crippen LogP contribution in [0.1, 0.15) is 33.6 Å². The third-order valence-electron chi connectivity index (χ3n) is 2.26. The van der Waals surface area contributed by atoms with Gasteiger partial charge in [-0.1, -0.05) is 20.8 Å². The van der Waals surface area contributed by atoms with E-state index in [4.69, 9.17) is 4.74 Å². The van der Waals surface area contributed by atoms with Crippen LogP contribution in [-0.2, 0) is 19.1 Å². The van der Waals surface area contributed by atoms with Gasteiger partial charge in [0.1, 0.15) is 6.04 Å². The molecule has 1 atom stereocenters. The molecule has 1 unspecified atom stereocenters. The number of ether oxygens (including phenoxy) is 2. The minimum atomic E-state index is -0.585. The quantitative estimate of drug-likeness (QED) is 0.514. The number of methoxy groups -OCH3 is 1. The second-order valence-electron chi connectivity index (χ2n) is 4.17. The van der Waals surface area contributed by atoms with Crippen molar-refractivity contribution in [1.82, 2.24) is 5.32 Å². The lowest BCUT2D eigenvalue weighted by Crippen LogP contribution is -2.45. The lowest BCUT2D eigenvalue weighted by atomic mass is 10.0. The number of carbonyl (C=O) groups excluding carboxylic acids is 2. The zero-order valence-corrected chi connectivity index (χ0v) is 11.1. The van der Waals surface area contributed by atoms with E-state index in [0.717, 1.165) is 6.42 Å². The number of carbonyl (C=O) groups is 2. The van der Waals surface area contributed by atoms with E-state index < -0.39 is 12.0 Å². The maximum Gasteiger partial charge on any atom is 0.328 e. The number of rotatable bonds is 8. The molecule has 5 nitrogen and oxygen atoms in total. The summed E-state index contributed by atoms with van der Waals surface area (Å²) < 4.78 is 9.84. The smallest absolute Gasteiger partial charge is 0.328 e. The fraction of sp³-hybridized carbons (Fsp3) is 0.833. The Kier molecular flexibility index (Phi) is 8.40. The molecule has 0 fully saturated rings. The third kappa shape index (κ3) is 6.94. The van der Waals surface area contributed by atoms with Crippen molar-refractivity contribution >= 4 is 11.9 Å². The Bertz CT molecular complexity index is 241. The van der Waals surface area contributed by atoms with Crippen LogP contribution < -0.4 is 5.32 Å². The highest BCUT2D eigenvalue weighted by molar-refractivity contribution is 5.84. The first-order valence-corrected chi connectivity index (χ1v) is 5.97. The molecular formula is C12H23NO4. The zero-order chi connectivity index (χ0) is 13.3. The van der Waals surface area contributed by atoms with Gasteiger partial charge in [-0.3, -0.25) is 4.79 Å². The third-order valence-corrected chi connectivity index (χ3v) is 2.26. The Balaban J connectivity index is 4.00. The highest BCUT2D eigenvalue weighted by Crippen LogP contribution is 2.03. The lowest BCUT2D eigenvalue weighted by Gasteiger charge is -2.19. The predicted octanol–water partition coefficient (Wildman–Crippen LogP) is 1.12. The van der Waals surface area contributed by atoms with Crippen LogP contribution in [0.5, 0.6) is 0 Å². The molecule has 0 aromatic carbocycles. The van der Waals surface area contributed by atoms with Gasteiger partial charge >= 0.3 is 5.97 Å². The van der Waals surface area contributed by atoms with Crippen LogP contribution in [0.15, 0.2) is 0 Å². The molecule has 100 valence electrons. The molecule has 0 aromatic rings. The average molecular weight is 245 g/mol. The molecule has 0 aliphatic carbocycles. The van der Waals surface area contributed by atoms with E-state index in [9.17, 15) is 9.59 Å². The summed E-state index contributed by atoms with van der Waals surface area (Å²) in [6.45, 7) is 6.75. The first-order chi connectivity index (χ1) is 8.02. The first-order valence-electron chi connectivity index (χ1n) is 5.97. The van der Waals surface area contributed by atoms with Crippen LogP contribution in [-0.4, -0.2) is 38.2 Å². The molecular weight excluding hydrogens is 222 g/mol. The van der Waals surface area contributed by atoms with Crippen molar-refractivity contribution in [1.29, 1.82) is 0 Å². The molecule has 5 heteroatoms. The minimum Gasteiger partial charge on any atom is -0.467 e. The zero-order valence-electron chi connectivity index (χ0n) is 11.1. The number of amides is 1. The van der Waals surface area contributed by atoms with Crippen LogP contribution in [0.3, 0.4) is 0 Å². The molecule has 0 saturated heterocycles. The van der Waals surface area contributed by atoms with Crippen LogP contribution in [0, 0.1) is 5.92 Å². The summed E-state index contributed by atoms with van der Waals surface area (Å²) in [5, 5.41) is 2.65. The summed E-state index contributed by atoms with van der Waals surface area (Å²) in [5.41, 5.74) is 0. The van der Waals surface area contributed by atoms with Crippen molar-refractivity contribution in [3.8, 4) is 0 Å². The molecule has 1 amide bonds. The molecule has 0 aromatic heterocycles. The Hall–Kier alpha value is -1.10. The highest BCUT2D eigenvalue weighted by atomic mass is 16.5. The fourth-order valence-corrected chi connectivity index (χ4v) is 1.28. The average Bonchev–Trinajstić information content (AvgIpc) is 2.30. The largest absolute Gasteiger partial charge is 0.467 e.